The smallest absolute Gasteiger partial charge is 0.258 e. The summed E-state index contributed by atoms with van der Waals surface area (Å²) in [5.41, 5.74) is 3.28. The summed E-state index contributed by atoms with van der Waals surface area (Å²) < 4.78 is 1.15. The SMILES string of the molecule is O=C(CCCc1nc2ccccc2c(=O)[nH]1)Nc1ccc(-c2nc3ccccc3s2)cc1. The zero-order valence-electron chi connectivity index (χ0n) is 17.2. The number of rotatable bonds is 6. The summed E-state index contributed by atoms with van der Waals surface area (Å²) in [6, 6.07) is 23.0. The number of H-pyrrole nitrogens is 1. The maximum absolute atomic E-state index is 12.3. The molecule has 0 fully saturated rings. The number of anilines is 1. The van der Waals surface area contributed by atoms with Gasteiger partial charge in [0.05, 0.1) is 21.1 Å². The Morgan fingerprint density at radius 2 is 1.66 bits per heavy atom. The van der Waals surface area contributed by atoms with Gasteiger partial charge in [-0.1, -0.05) is 24.3 Å². The number of hydrogen-bond acceptors (Lipinski definition) is 5. The van der Waals surface area contributed by atoms with Gasteiger partial charge in [0, 0.05) is 24.1 Å². The molecule has 1 amide bonds. The Bertz CT molecular complexity index is 1440. The molecule has 3 aromatic carbocycles. The maximum atomic E-state index is 12.3. The van der Waals surface area contributed by atoms with Gasteiger partial charge in [0.25, 0.3) is 5.56 Å². The molecule has 0 spiro atoms. The number of aromatic amines is 1. The minimum absolute atomic E-state index is 0.0686. The molecule has 32 heavy (non-hydrogen) atoms. The van der Waals surface area contributed by atoms with E-state index in [1.807, 2.05) is 60.7 Å². The number of para-hydroxylation sites is 2. The molecule has 0 unspecified atom stereocenters. The van der Waals surface area contributed by atoms with Gasteiger partial charge in [0.2, 0.25) is 5.91 Å². The van der Waals surface area contributed by atoms with Gasteiger partial charge in [-0.2, -0.15) is 0 Å². The summed E-state index contributed by atoms with van der Waals surface area (Å²) in [6.45, 7) is 0. The zero-order chi connectivity index (χ0) is 21.9. The molecular formula is C25H20N4O2S. The summed E-state index contributed by atoms with van der Waals surface area (Å²) in [6.07, 6.45) is 1.47. The number of nitrogens with one attached hydrogen (secondary N) is 2. The number of fused-ring (bicyclic) bond motifs is 2. The minimum Gasteiger partial charge on any atom is -0.326 e. The number of aryl methyl sites for hydroxylation is 1. The first-order valence-corrected chi connectivity index (χ1v) is 11.2. The van der Waals surface area contributed by atoms with Crippen LogP contribution in [-0.2, 0) is 11.2 Å². The van der Waals surface area contributed by atoms with Crippen molar-refractivity contribution in [2.75, 3.05) is 5.32 Å². The third-order valence-corrected chi connectivity index (χ3v) is 6.27. The first-order chi connectivity index (χ1) is 15.7. The average Bonchev–Trinajstić information content (AvgIpc) is 3.24. The van der Waals surface area contributed by atoms with Gasteiger partial charge in [-0.05, 0) is 55.0 Å². The van der Waals surface area contributed by atoms with Crippen molar-refractivity contribution in [3.05, 3.63) is 89.0 Å². The van der Waals surface area contributed by atoms with Gasteiger partial charge in [-0.3, -0.25) is 9.59 Å². The number of carbonyl (C=O) groups excluding carboxylic acids is 1. The van der Waals surface area contributed by atoms with E-state index in [9.17, 15) is 9.59 Å². The second-order valence-corrected chi connectivity index (χ2v) is 8.53. The predicted octanol–water partition coefficient (Wildman–Crippen LogP) is 5.16. The molecule has 0 bridgehead atoms. The molecule has 158 valence electrons. The second kappa shape index (κ2) is 8.72. The zero-order valence-corrected chi connectivity index (χ0v) is 18.0. The number of carbonyl (C=O) groups is 1. The fraction of sp³-hybridized carbons (Fsp3) is 0.120. The molecule has 6 nitrogen and oxygen atoms in total. The lowest BCUT2D eigenvalue weighted by Gasteiger charge is -2.06. The molecule has 0 aliphatic heterocycles. The highest BCUT2D eigenvalue weighted by Crippen LogP contribution is 2.30. The van der Waals surface area contributed by atoms with Crippen LogP contribution >= 0.6 is 11.3 Å². The fourth-order valence-electron chi connectivity index (χ4n) is 3.58. The fourth-order valence-corrected chi connectivity index (χ4v) is 4.56. The van der Waals surface area contributed by atoms with Crippen molar-refractivity contribution < 1.29 is 4.79 Å². The molecule has 0 atom stereocenters. The van der Waals surface area contributed by atoms with Crippen LogP contribution in [-0.4, -0.2) is 20.9 Å². The van der Waals surface area contributed by atoms with Crippen LogP contribution in [0.3, 0.4) is 0 Å². The van der Waals surface area contributed by atoms with Gasteiger partial charge in [0.1, 0.15) is 10.8 Å². The molecule has 0 aliphatic rings. The van der Waals surface area contributed by atoms with Crippen LogP contribution in [0.4, 0.5) is 5.69 Å². The Kier molecular flexibility index (Phi) is 5.47. The minimum atomic E-state index is -0.150. The summed E-state index contributed by atoms with van der Waals surface area (Å²) in [7, 11) is 0. The van der Waals surface area contributed by atoms with Crippen LogP contribution in [0.5, 0.6) is 0 Å². The number of hydrogen-bond donors (Lipinski definition) is 2. The lowest BCUT2D eigenvalue weighted by atomic mass is 10.2. The van der Waals surface area contributed by atoms with Gasteiger partial charge >= 0.3 is 0 Å². The lowest BCUT2D eigenvalue weighted by Crippen LogP contribution is -2.14. The van der Waals surface area contributed by atoms with Crippen LogP contribution in [0.15, 0.2) is 77.6 Å². The highest BCUT2D eigenvalue weighted by atomic mass is 32.1. The van der Waals surface area contributed by atoms with Gasteiger partial charge < -0.3 is 10.3 Å². The van der Waals surface area contributed by atoms with Crippen molar-refractivity contribution >= 4 is 44.1 Å². The lowest BCUT2D eigenvalue weighted by molar-refractivity contribution is -0.116. The van der Waals surface area contributed by atoms with E-state index in [1.165, 1.54) is 0 Å². The van der Waals surface area contributed by atoms with Crippen molar-refractivity contribution in [1.29, 1.82) is 0 Å². The maximum Gasteiger partial charge on any atom is 0.258 e. The van der Waals surface area contributed by atoms with E-state index >= 15 is 0 Å². The molecule has 0 saturated heterocycles. The number of aromatic nitrogens is 3. The number of amides is 1. The van der Waals surface area contributed by atoms with E-state index in [-0.39, 0.29) is 11.5 Å². The van der Waals surface area contributed by atoms with Crippen LogP contribution < -0.4 is 10.9 Å². The van der Waals surface area contributed by atoms with Gasteiger partial charge in [-0.15, -0.1) is 11.3 Å². The molecule has 0 aliphatic carbocycles. The third-order valence-electron chi connectivity index (χ3n) is 5.19. The molecular weight excluding hydrogens is 420 g/mol. The molecule has 0 saturated carbocycles. The molecule has 0 radical (unpaired) electrons. The Labute approximate surface area is 188 Å². The van der Waals surface area contributed by atoms with Crippen LogP contribution in [0.2, 0.25) is 0 Å². The third kappa shape index (κ3) is 4.29. The molecule has 2 aromatic heterocycles. The van der Waals surface area contributed by atoms with Crippen LogP contribution in [0.25, 0.3) is 31.7 Å². The summed E-state index contributed by atoms with van der Waals surface area (Å²) in [4.78, 5) is 36.4. The van der Waals surface area contributed by atoms with E-state index in [0.717, 1.165) is 26.5 Å². The molecule has 5 aromatic rings. The first kappa shape index (κ1) is 20.1. The van der Waals surface area contributed by atoms with Crippen LogP contribution in [0.1, 0.15) is 18.7 Å². The monoisotopic (exact) mass is 440 g/mol. The predicted molar refractivity (Wildman–Crippen MR) is 129 cm³/mol. The topological polar surface area (TPSA) is 87.7 Å². The number of thiazole rings is 1. The Hall–Kier alpha value is -3.84. The van der Waals surface area contributed by atoms with Crippen molar-refractivity contribution in [3.63, 3.8) is 0 Å². The van der Waals surface area contributed by atoms with Crippen molar-refractivity contribution in [2.45, 2.75) is 19.3 Å². The van der Waals surface area contributed by atoms with Gasteiger partial charge in [-0.25, -0.2) is 9.97 Å². The molecule has 5 rings (SSSR count). The van der Waals surface area contributed by atoms with Crippen molar-refractivity contribution in [1.82, 2.24) is 15.0 Å². The Balaban J connectivity index is 1.18. The Morgan fingerprint density at radius 3 is 2.47 bits per heavy atom. The van der Waals surface area contributed by atoms with E-state index in [0.29, 0.717) is 36.0 Å². The molecule has 2 heterocycles. The molecule has 7 heteroatoms. The quantitative estimate of drug-likeness (QED) is 0.382. The second-order valence-electron chi connectivity index (χ2n) is 7.50. The summed E-state index contributed by atoms with van der Waals surface area (Å²) in [5, 5.41) is 4.46. The summed E-state index contributed by atoms with van der Waals surface area (Å²) in [5.74, 6) is 0.530. The number of benzene rings is 3. The standard InChI is InChI=1S/C25H20N4O2S/c30-23(11-5-10-22-27-19-7-2-1-6-18(19)24(31)29-22)26-17-14-12-16(13-15-17)25-28-20-8-3-4-9-21(20)32-25/h1-4,6-9,12-15H,5,10-11H2,(H,26,30)(H,27,29,31). The van der Waals surface area contributed by atoms with E-state index in [2.05, 4.69) is 26.3 Å². The van der Waals surface area contributed by atoms with Crippen LogP contribution in [0, 0.1) is 0 Å². The molecule has 2 N–H and O–H groups in total. The average molecular weight is 441 g/mol. The van der Waals surface area contributed by atoms with E-state index in [4.69, 9.17) is 0 Å². The highest BCUT2D eigenvalue weighted by molar-refractivity contribution is 7.21. The van der Waals surface area contributed by atoms with Gasteiger partial charge in [0.15, 0.2) is 0 Å². The normalized spacial score (nSPS) is 11.1. The highest BCUT2D eigenvalue weighted by Gasteiger charge is 2.08. The van der Waals surface area contributed by atoms with E-state index < -0.39 is 0 Å². The largest absolute Gasteiger partial charge is 0.326 e. The first-order valence-electron chi connectivity index (χ1n) is 10.4. The van der Waals surface area contributed by atoms with E-state index in [1.54, 1.807) is 17.4 Å². The van der Waals surface area contributed by atoms with Crippen molar-refractivity contribution in [2.24, 2.45) is 0 Å². The summed E-state index contributed by atoms with van der Waals surface area (Å²) >= 11 is 1.65. The van der Waals surface area contributed by atoms with Crippen molar-refractivity contribution in [3.8, 4) is 10.6 Å². The Morgan fingerprint density at radius 1 is 0.906 bits per heavy atom. The number of nitrogens with zero attached hydrogens (tertiary/aromatic N) is 2.